The van der Waals surface area contributed by atoms with Crippen molar-refractivity contribution in [3.63, 3.8) is 0 Å². The fourth-order valence-corrected chi connectivity index (χ4v) is 2.27. The molecule has 0 radical (unpaired) electrons. The van der Waals surface area contributed by atoms with Gasteiger partial charge in [0.15, 0.2) is 0 Å². The number of hydrogen-bond donors (Lipinski definition) is 3. The highest BCUT2D eigenvalue weighted by molar-refractivity contribution is 5.86. The van der Waals surface area contributed by atoms with Crippen LogP contribution in [0.1, 0.15) is 17.0 Å². The lowest BCUT2D eigenvalue weighted by Crippen LogP contribution is -2.34. The molecule has 0 aliphatic carbocycles. The largest absolute Gasteiger partial charge is 0.480 e. The van der Waals surface area contributed by atoms with Gasteiger partial charge in [-0.2, -0.15) is 0 Å². The summed E-state index contributed by atoms with van der Waals surface area (Å²) < 4.78 is 0. The van der Waals surface area contributed by atoms with Gasteiger partial charge in [-0.1, -0.05) is 60.7 Å². The molecule has 0 unspecified atom stereocenters. The number of benzene rings is 2. The average molecular weight is 371 g/mol. The number of nitrogens with one attached hydrogen (secondary N) is 1. The Balaban J connectivity index is 0.000000345. The molecule has 0 bridgehead atoms. The van der Waals surface area contributed by atoms with Gasteiger partial charge in [0.25, 0.3) is 0 Å². The normalized spacial score (nSPS) is 9.78. The Bertz CT molecular complexity index is 694. The van der Waals surface area contributed by atoms with Gasteiger partial charge in [0, 0.05) is 14.1 Å². The quantitative estimate of drug-likeness (QED) is 0.703. The molecule has 0 fully saturated rings. The summed E-state index contributed by atoms with van der Waals surface area (Å²) in [7, 11) is 3.59. The van der Waals surface area contributed by atoms with Gasteiger partial charge in [-0.15, -0.1) is 0 Å². The van der Waals surface area contributed by atoms with E-state index in [1.54, 1.807) is 19.0 Å². The first-order valence-corrected chi connectivity index (χ1v) is 8.36. The summed E-state index contributed by atoms with van der Waals surface area (Å²) >= 11 is 0. The number of rotatable bonds is 6. The smallest absolute Gasteiger partial charge is 0.322 e. The van der Waals surface area contributed by atoms with Crippen molar-refractivity contribution < 1.29 is 19.5 Å². The zero-order chi connectivity index (χ0) is 20.2. The van der Waals surface area contributed by atoms with Crippen LogP contribution in [0.25, 0.3) is 0 Å². The van der Waals surface area contributed by atoms with Gasteiger partial charge in [-0.05, 0) is 11.1 Å². The summed E-state index contributed by atoms with van der Waals surface area (Å²) in [6, 6.07) is 19.8. The molecule has 7 nitrogen and oxygen atoms in total. The minimum Gasteiger partial charge on any atom is -0.480 e. The second kappa shape index (κ2) is 11.4. The topological polar surface area (TPSA) is 113 Å². The third kappa shape index (κ3) is 7.70. The van der Waals surface area contributed by atoms with E-state index in [1.807, 2.05) is 60.7 Å². The predicted octanol–water partition coefficient (Wildman–Crippen LogP) is 1.05. The van der Waals surface area contributed by atoms with Gasteiger partial charge in [0.2, 0.25) is 11.8 Å². The molecule has 27 heavy (non-hydrogen) atoms. The second-order valence-electron chi connectivity index (χ2n) is 5.86. The standard InChI is InChI=1S/C16H17NO.C4H8N2O3/c1-17(2)16(18)15(13-9-5-3-6-10-13)14-11-7-4-8-12-14;5-1-3(7)6-2-4(8)9/h3-12,15H,1-2H3;1-2,5H2,(H,6,7)(H,8,9). The number of likely N-dealkylation sites (N-methyl/N-ethyl adjacent to an activating group) is 1. The second-order valence-corrected chi connectivity index (χ2v) is 5.86. The molecule has 2 aromatic carbocycles. The number of nitrogens with two attached hydrogens (primary N) is 1. The molecule has 7 heteroatoms. The predicted molar refractivity (Wildman–Crippen MR) is 103 cm³/mol. The molecule has 4 N–H and O–H groups in total. The van der Waals surface area contributed by atoms with Gasteiger partial charge in [0.05, 0.1) is 12.5 Å². The summed E-state index contributed by atoms with van der Waals surface area (Å²) in [4.78, 5) is 34.0. The van der Waals surface area contributed by atoms with Crippen LogP contribution in [0.2, 0.25) is 0 Å². The Morgan fingerprint density at radius 2 is 1.41 bits per heavy atom. The Kier molecular flexibility index (Phi) is 9.25. The number of nitrogens with zero attached hydrogens (tertiary/aromatic N) is 1. The molecule has 0 aromatic heterocycles. The van der Waals surface area contributed by atoms with Crippen molar-refractivity contribution in [2.45, 2.75) is 5.92 Å². The van der Waals surface area contributed by atoms with Crippen LogP contribution >= 0.6 is 0 Å². The Morgan fingerprint density at radius 1 is 0.963 bits per heavy atom. The van der Waals surface area contributed by atoms with Gasteiger partial charge >= 0.3 is 5.97 Å². The third-order valence-electron chi connectivity index (χ3n) is 3.58. The number of amides is 2. The summed E-state index contributed by atoms with van der Waals surface area (Å²) in [6.45, 7) is -0.538. The van der Waals surface area contributed by atoms with Crippen LogP contribution in [-0.2, 0) is 14.4 Å². The monoisotopic (exact) mass is 371 g/mol. The minimum atomic E-state index is -1.07. The maximum Gasteiger partial charge on any atom is 0.322 e. The van der Waals surface area contributed by atoms with Crippen LogP contribution in [-0.4, -0.2) is 55.0 Å². The van der Waals surface area contributed by atoms with Crippen molar-refractivity contribution in [2.75, 3.05) is 27.2 Å². The number of carbonyl (C=O) groups is 3. The van der Waals surface area contributed by atoms with E-state index in [0.29, 0.717) is 0 Å². The average Bonchev–Trinajstić information content (AvgIpc) is 2.68. The fourth-order valence-electron chi connectivity index (χ4n) is 2.27. The van der Waals surface area contributed by atoms with Gasteiger partial charge in [0.1, 0.15) is 6.54 Å². The lowest BCUT2D eigenvalue weighted by molar-refractivity contribution is -0.137. The molecule has 0 atom stereocenters. The summed E-state index contributed by atoms with van der Waals surface area (Å²) in [5.74, 6) is -1.65. The van der Waals surface area contributed by atoms with Crippen molar-refractivity contribution in [1.29, 1.82) is 0 Å². The zero-order valence-electron chi connectivity index (χ0n) is 15.5. The Hall–Kier alpha value is -3.19. The Morgan fingerprint density at radius 3 is 1.74 bits per heavy atom. The number of carbonyl (C=O) groups excluding carboxylic acids is 2. The fraction of sp³-hybridized carbons (Fsp3) is 0.250. The molecule has 2 amide bonds. The van der Waals surface area contributed by atoms with Crippen LogP contribution in [0, 0.1) is 0 Å². The van der Waals surface area contributed by atoms with Crippen LogP contribution in [0.5, 0.6) is 0 Å². The van der Waals surface area contributed by atoms with E-state index in [0.717, 1.165) is 11.1 Å². The van der Waals surface area contributed by atoms with E-state index in [9.17, 15) is 14.4 Å². The maximum absolute atomic E-state index is 12.4. The number of carboxylic acids is 1. The first-order valence-electron chi connectivity index (χ1n) is 8.36. The molecule has 2 rings (SSSR count). The summed E-state index contributed by atoms with van der Waals surface area (Å²) in [6.07, 6.45) is 0. The third-order valence-corrected chi connectivity index (χ3v) is 3.58. The number of hydrogen-bond acceptors (Lipinski definition) is 4. The van der Waals surface area contributed by atoms with Crippen LogP contribution in [0.4, 0.5) is 0 Å². The number of carboxylic acid groups (broad SMARTS) is 1. The van der Waals surface area contributed by atoms with Crippen molar-refractivity contribution in [2.24, 2.45) is 5.73 Å². The van der Waals surface area contributed by atoms with Crippen molar-refractivity contribution in [3.05, 3.63) is 71.8 Å². The lowest BCUT2D eigenvalue weighted by atomic mass is 9.90. The van der Waals surface area contributed by atoms with E-state index in [2.05, 4.69) is 5.32 Å². The number of aliphatic carboxylic acids is 1. The highest BCUT2D eigenvalue weighted by atomic mass is 16.4. The van der Waals surface area contributed by atoms with Gasteiger partial charge in [-0.3, -0.25) is 14.4 Å². The summed E-state index contributed by atoms with van der Waals surface area (Å²) in [5, 5.41) is 10.1. The molecule has 0 saturated carbocycles. The van der Waals surface area contributed by atoms with Gasteiger partial charge in [-0.25, -0.2) is 0 Å². The van der Waals surface area contributed by atoms with Crippen LogP contribution in [0.15, 0.2) is 60.7 Å². The maximum atomic E-state index is 12.4. The molecule has 0 heterocycles. The molecule has 0 aliphatic heterocycles. The van der Waals surface area contributed by atoms with E-state index in [4.69, 9.17) is 10.8 Å². The van der Waals surface area contributed by atoms with Gasteiger partial charge < -0.3 is 21.1 Å². The molecule has 0 spiro atoms. The first-order chi connectivity index (χ1) is 12.9. The van der Waals surface area contributed by atoms with Crippen LogP contribution in [0.3, 0.4) is 0 Å². The molecule has 2 aromatic rings. The summed E-state index contributed by atoms with van der Waals surface area (Å²) in [5.41, 5.74) is 6.91. The van der Waals surface area contributed by atoms with Crippen molar-refractivity contribution in [1.82, 2.24) is 10.2 Å². The van der Waals surface area contributed by atoms with Crippen LogP contribution < -0.4 is 11.1 Å². The highest BCUT2D eigenvalue weighted by Gasteiger charge is 2.23. The molecular weight excluding hydrogens is 346 g/mol. The molecule has 144 valence electrons. The van der Waals surface area contributed by atoms with E-state index < -0.39 is 11.9 Å². The van der Waals surface area contributed by atoms with E-state index in [-0.39, 0.29) is 24.9 Å². The highest BCUT2D eigenvalue weighted by Crippen LogP contribution is 2.25. The van der Waals surface area contributed by atoms with E-state index in [1.165, 1.54) is 0 Å². The lowest BCUT2D eigenvalue weighted by Gasteiger charge is -2.21. The molecule has 0 saturated heterocycles. The Labute approximate surface area is 158 Å². The molecular formula is C20H25N3O4. The molecule has 0 aliphatic rings. The van der Waals surface area contributed by atoms with E-state index >= 15 is 0 Å². The van der Waals surface area contributed by atoms with Crippen molar-refractivity contribution >= 4 is 17.8 Å². The first kappa shape index (κ1) is 21.9. The SMILES string of the molecule is CN(C)C(=O)C(c1ccccc1)c1ccccc1.NCC(=O)NCC(=O)O. The van der Waals surface area contributed by atoms with Crippen molar-refractivity contribution in [3.8, 4) is 0 Å². The zero-order valence-corrected chi connectivity index (χ0v) is 15.5. The minimum absolute atomic E-state index is 0.104.